The molecule has 156 valence electrons. The van der Waals surface area contributed by atoms with Crippen LogP contribution in [0.3, 0.4) is 0 Å². The maximum absolute atomic E-state index is 12.7. The highest BCUT2D eigenvalue weighted by molar-refractivity contribution is 7.92. The molecule has 0 heterocycles. The van der Waals surface area contributed by atoms with Gasteiger partial charge in [0, 0.05) is 0 Å². The van der Waals surface area contributed by atoms with Crippen molar-refractivity contribution in [2.75, 3.05) is 4.72 Å². The number of ether oxygens (including phenoxy) is 1. The van der Waals surface area contributed by atoms with E-state index >= 15 is 0 Å². The molecule has 0 aliphatic rings. The van der Waals surface area contributed by atoms with Gasteiger partial charge in [-0.1, -0.05) is 50.2 Å². The van der Waals surface area contributed by atoms with Gasteiger partial charge in [0.25, 0.3) is 10.0 Å². The SMILES string of the molecule is CC(C)c1ccc(NS(=O)(=O)c2ccccc2)c(OCc2ccc(C(=O)O)cc2)c1. The van der Waals surface area contributed by atoms with Gasteiger partial charge in [-0.2, -0.15) is 0 Å². The maximum Gasteiger partial charge on any atom is 0.335 e. The van der Waals surface area contributed by atoms with Gasteiger partial charge in [0.05, 0.1) is 16.1 Å². The van der Waals surface area contributed by atoms with Gasteiger partial charge in [-0.25, -0.2) is 13.2 Å². The monoisotopic (exact) mass is 425 g/mol. The predicted molar refractivity (Wildman–Crippen MR) is 116 cm³/mol. The van der Waals surface area contributed by atoms with Gasteiger partial charge in [0.15, 0.2) is 0 Å². The van der Waals surface area contributed by atoms with E-state index in [-0.39, 0.29) is 23.0 Å². The zero-order chi connectivity index (χ0) is 21.7. The summed E-state index contributed by atoms with van der Waals surface area (Å²) in [5, 5.41) is 9.01. The second-order valence-corrected chi connectivity index (χ2v) is 8.80. The van der Waals surface area contributed by atoms with Crippen molar-refractivity contribution in [1.82, 2.24) is 0 Å². The van der Waals surface area contributed by atoms with Crippen LogP contribution in [0.15, 0.2) is 77.7 Å². The number of aromatic carboxylic acids is 1. The molecule has 3 aromatic carbocycles. The van der Waals surface area contributed by atoms with E-state index in [4.69, 9.17) is 9.84 Å². The number of sulfonamides is 1. The van der Waals surface area contributed by atoms with E-state index in [0.29, 0.717) is 11.4 Å². The lowest BCUT2D eigenvalue weighted by molar-refractivity contribution is 0.0697. The molecule has 30 heavy (non-hydrogen) atoms. The van der Waals surface area contributed by atoms with Gasteiger partial charge in [-0.15, -0.1) is 0 Å². The van der Waals surface area contributed by atoms with E-state index in [2.05, 4.69) is 4.72 Å². The fourth-order valence-electron chi connectivity index (χ4n) is 2.81. The summed E-state index contributed by atoms with van der Waals surface area (Å²) in [5.74, 6) is -0.352. The molecule has 0 amide bonds. The molecule has 0 aliphatic carbocycles. The van der Waals surface area contributed by atoms with E-state index in [1.807, 2.05) is 26.0 Å². The highest BCUT2D eigenvalue weighted by Gasteiger charge is 2.17. The zero-order valence-corrected chi connectivity index (χ0v) is 17.5. The van der Waals surface area contributed by atoms with Crippen molar-refractivity contribution in [3.8, 4) is 5.75 Å². The minimum Gasteiger partial charge on any atom is -0.487 e. The Balaban J connectivity index is 1.86. The molecule has 0 aliphatic heterocycles. The fourth-order valence-corrected chi connectivity index (χ4v) is 3.90. The lowest BCUT2D eigenvalue weighted by Gasteiger charge is -2.16. The van der Waals surface area contributed by atoms with Crippen molar-refractivity contribution in [1.29, 1.82) is 0 Å². The third-order valence-corrected chi connectivity index (χ3v) is 5.95. The number of nitrogens with one attached hydrogen (secondary N) is 1. The first kappa shape index (κ1) is 21.4. The Morgan fingerprint density at radius 2 is 1.67 bits per heavy atom. The molecule has 0 saturated heterocycles. The smallest absolute Gasteiger partial charge is 0.335 e. The van der Waals surface area contributed by atoms with Crippen LogP contribution in [0, 0.1) is 0 Å². The van der Waals surface area contributed by atoms with Crippen molar-refractivity contribution >= 4 is 21.7 Å². The van der Waals surface area contributed by atoms with Crippen LogP contribution in [0.4, 0.5) is 5.69 Å². The predicted octanol–water partition coefficient (Wildman–Crippen LogP) is 4.89. The number of hydrogen-bond acceptors (Lipinski definition) is 4. The molecule has 3 aromatic rings. The van der Waals surface area contributed by atoms with Crippen molar-refractivity contribution in [3.63, 3.8) is 0 Å². The molecular weight excluding hydrogens is 402 g/mol. The Bertz CT molecular complexity index is 1120. The summed E-state index contributed by atoms with van der Waals surface area (Å²) in [7, 11) is -3.76. The fraction of sp³-hybridized carbons (Fsp3) is 0.174. The van der Waals surface area contributed by atoms with Gasteiger partial charge >= 0.3 is 5.97 Å². The van der Waals surface area contributed by atoms with Crippen LogP contribution in [0.5, 0.6) is 5.75 Å². The lowest BCUT2D eigenvalue weighted by atomic mass is 10.0. The van der Waals surface area contributed by atoms with Gasteiger partial charge in [0.1, 0.15) is 12.4 Å². The average Bonchev–Trinajstić information content (AvgIpc) is 2.73. The van der Waals surface area contributed by atoms with Crippen LogP contribution in [0.2, 0.25) is 0 Å². The van der Waals surface area contributed by atoms with Crippen LogP contribution in [0.25, 0.3) is 0 Å². The molecule has 0 bridgehead atoms. The molecule has 2 N–H and O–H groups in total. The third-order valence-electron chi connectivity index (χ3n) is 4.57. The van der Waals surface area contributed by atoms with E-state index in [1.54, 1.807) is 36.4 Å². The Labute approximate surface area is 176 Å². The first-order valence-corrected chi connectivity index (χ1v) is 10.9. The van der Waals surface area contributed by atoms with E-state index in [1.165, 1.54) is 24.3 Å². The standard InChI is InChI=1S/C23H23NO5S/c1-16(2)19-12-13-21(24-30(27,28)20-6-4-3-5-7-20)22(14-19)29-15-17-8-10-18(11-9-17)23(25)26/h3-14,16,24H,15H2,1-2H3,(H,25,26). The Hall–Kier alpha value is -3.32. The van der Waals surface area contributed by atoms with E-state index in [0.717, 1.165) is 11.1 Å². The molecule has 0 spiro atoms. The van der Waals surface area contributed by atoms with Gasteiger partial charge in [-0.3, -0.25) is 4.72 Å². The Morgan fingerprint density at radius 3 is 2.27 bits per heavy atom. The minimum absolute atomic E-state index is 0.160. The van der Waals surface area contributed by atoms with Crippen LogP contribution < -0.4 is 9.46 Å². The van der Waals surface area contributed by atoms with E-state index in [9.17, 15) is 13.2 Å². The number of benzene rings is 3. The zero-order valence-electron chi connectivity index (χ0n) is 16.7. The first-order chi connectivity index (χ1) is 14.3. The number of hydrogen-bond donors (Lipinski definition) is 2. The minimum atomic E-state index is -3.76. The highest BCUT2D eigenvalue weighted by atomic mass is 32.2. The highest BCUT2D eigenvalue weighted by Crippen LogP contribution is 2.31. The van der Waals surface area contributed by atoms with Gasteiger partial charge in [0.2, 0.25) is 0 Å². The molecule has 0 saturated carbocycles. The van der Waals surface area contributed by atoms with Gasteiger partial charge < -0.3 is 9.84 Å². The lowest BCUT2D eigenvalue weighted by Crippen LogP contribution is -2.14. The molecule has 0 radical (unpaired) electrons. The number of carbonyl (C=O) groups is 1. The van der Waals surface area contributed by atoms with Gasteiger partial charge in [-0.05, 0) is 53.4 Å². The number of carboxylic acids is 1. The molecule has 0 unspecified atom stereocenters. The maximum atomic E-state index is 12.7. The van der Waals surface area contributed by atoms with E-state index < -0.39 is 16.0 Å². The molecule has 6 nitrogen and oxygen atoms in total. The molecule has 0 fully saturated rings. The molecule has 7 heteroatoms. The van der Waals surface area contributed by atoms with Crippen molar-refractivity contribution < 1.29 is 23.1 Å². The molecule has 3 rings (SSSR count). The summed E-state index contributed by atoms with van der Waals surface area (Å²) in [6, 6.07) is 19.8. The summed E-state index contributed by atoms with van der Waals surface area (Å²) in [4.78, 5) is 11.2. The van der Waals surface area contributed by atoms with Crippen LogP contribution in [-0.4, -0.2) is 19.5 Å². The van der Waals surface area contributed by atoms with Crippen LogP contribution in [0.1, 0.15) is 41.3 Å². The van der Waals surface area contributed by atoms with Crippen molar-refractivity contribution in [2.45, 2.75) is 31.3 Å². The van der Waals surface area contributed by atoms with Crippen LogP contribution in [-0.2, 0) is 16.6 Å². The summed E-state index contributed by atoms with van der Waals surface area (Å²) < 4.78 is 34.0. The topological polar surface area (TPSA) is 92.7 Å². The number of carboxylic acid groups (broad SMARTS) is 1. The Kier molecular flexibility index (Phi) is 6.42. The third kappa shape index (κ3) is 5.18. The summed E-state index contributed by atoms with van der Waals surface area (Å²) in [6.45, 7) is 4.25. The number of anilines is 1. The quantitative estimate of drug-likeness (QED) is 0.536. The largest absolute Gasteiger partial charge is 0.487 e. The van der Waals surface area contributed by atoms with Crippen molar-refractivity contribution in [3.05, 3.63) is 89.5 Å². The summed E-state index contributed by atoms with van der Waals surface area (Å²) >= 11 is 0. The summed E-state index contributed by atoms with van der Waals surface area (Å²) in [5.41, 5.74) is 2.31. The Morgan fingerprint density at radius 1 is 1.00 bits per heavy atom. The second-order valence-electron chi connectivity index (χ2n) is 7.12. The summed E-state index contributed by atoms with van der Waals surface area (Å²) in [6.07, 6.45) is 0. The average molecular weight is 426 g/mol. The first-order valence-electron chi connectivity index (χ1n) is 9.43. The number of rotatable bonds is 8. The molecular formula is C23H23NO5S. The second kappa shape index (κ2) is 9.00. The molecule has 0 aromatic heterocycles. The van der Waals surface area contributed by atoms with Crippen molar-refractivity contribution in [2.24, 2.45) is 0 Å². The molecule has 0 atom stereocenters. The normalized spacial score (nSPS) is 11.3. The van der Waals surface area contributed by atoms with Crippen LogP contribution >= 0.6 is 0 Å².